The summed E-state index contributed by atoms with van der Waals surface area (Å²) in [6.07, 6.45) is -0.729. The smallest absolute Gasteiger partial charge is 0.265 e. The third-order valence-corrected chi connectivity index (χ3v) is 4.46. The van der Waals surface area contributed by atoms with E-state index >= 15 is 0 Å². The Morgan fingerprint density at radius 1 is 0.900 bits per heavy atom. The largest absolute Gasteiger partial charge is 0.495 e. The van der Waals surface area contributed by atoms with Gasteiger partial charge in [-0.1, -0.05) is 42.5 Å². The molecule has 0 bridgehead atoms. The minimum absolute atomic E-state index is 0.174. The average molecular weight is 404 g/mol. The topological polar surface area (TPSA) is 76.7 Å². The van der Waals surface area contributed by atoms with Crippen LogP contribution in [0.3, 0.4) is 0 Å². The summed E-state index contributed by atoms with van der Waals surface area (Å²) >= 11 is 0. The van der Waals surface area contributed by atoms with Crippen LogP contribution in [0.4, 0.5) is 5.69 Å². The summed E-state index contributed by atoms with van der Waals surface area (Å²) < 4.78 is 10.9. The summed E-state index contributed by atoms with van der Waals surface area (Å²) in [5.74, 6) is 0.595. The van der Waals surface area contributed by atoms with Gasteiger partial charge in [0.2, 0.25) is 0 Å². The van der Waals surface area contributed by atoms with Gasteiger partial charge < -0.3 is 20.1 Å². The fourth-order valence-electron chi connectivity index (χ4n) is 2.81. The van der Waals surface area contributed by atoms with Gasteiger partial charge in [-0.2, -0.15) is 0 Å². The summed E-state index contributed by atoms with van der Waals surface area (Å²) in [4.78, 5) is 24.7. The highest BCUT2D eigenvalue weighted by atomic mass is 16.5. The zero-order valence-corrected chi connectivity index (χ0v) is 16.9. The van der Waals surface area contributed by atoms with Crippen LogP contribution in [0.5, 0.6) is 11.5 Å². The predicted molar refractivity (Wildman–Crippen MR) is 116 cm³/mol. The maximum atomic E-state index is 12.4. The first-order valence-corrected chi connectivity index (χ1v) is 9.59. The molecule has 0 aliphatic heterocycles. The van der Waals surface area contributed by atoms with Crippen molar-refractivity contribution in [3.8, 4) is 11.5 Å². The van der Waals surface area contributed by atoms with Gasteiger partial charge in [0.15, 0.2) is 6.10 Å². The average Bonchev–Trinajstić information content (AvgIpc) is 2.79. The molecule has 6 heteroatoms. The van der Waals surface area contributed by atoms with Crippen LogP contribution in [-0.4, -0.2) is 25.0 Å². The molecule has 0 heterocycles. The maximum Gasteiger partial charge on any atom is 0.265 e. The lowest BCUT2D eigenvalue weighted by Gasteiger charge is -2.16. The standard InChI is InChI=1S/C24H24N2O4/c1-17(23(27)26-21-10-6-7-11-22(21)29-2)30-20-14-12-19(13-15-20)24(28)25-16-18-8-4-3-5-9-18/h3-15,17H,16H2,1-2H3,(H,25,28)(H,26,27). The van der Waals surface area contributed by atoms with Crippen LogP contribution in [0.2, 0.25) is 0 Å². The molecule has 0 saturated heterocycles. The molecule has 0 fully saturated rings. The molecule has 0 aliphatic rings. The maximum absolute atomic E-state index is 12.4. The number of ether oxygens (including phenoxy) is 2. The highest BCUT2D eigenvalue weighted by Gasteiger charge is 2.17. The van der Waals surface area contributed by atoms with Gasteiger partial charge >= 0.3 is 0 Å². The van der Waals surface area contributed by atoms with Crippen molar-refractivity contribution in [2.45, 2.75) is 19.6 Å². The minimum atomic E-state index is -0.729. The van der Waals surface area contributed by atoms with E-state index in [9.17, 15) is 9.59 Å². The molecule has 2 amide bonds. The lowest BCUT2D eigenvalue weighted by atomic mass is 10.2. The van der Waals surface area contributed by atoms with E-state index < -0.39 is 6.10 Å². The molecule has 3 rings (SSSR count). The molecular formula is C24H24N2O4. The first-order valence-electron chi connectivity index (χ1n) is 9.59. The van der Waals surface area contributed by atoms with Crippen molar-refractivity contribution < 1.29 is 19.1 Å². The van der Waals surface area contributed by atoms with Crippen molar-refractivity contribution in [3.05, 3.63) is 90.0 Å². The Balaban J connectivity index is 1.54. The van der Waals surface area contributed by atoms with Crippen molar-refractivity contribution in [1.82, 2.24) is 5.32 Å². The van der Waals surface area contributed by atoms with Gasteiger partial charge in [-0.15, -0.1) is 0 Å². The van der Waals surface area contributed by atoms with E-state index in [1.807, 2.05) is 42.5 Å². The fraction of sp³-hybridized carbons (Fsp3) is 0.167. The number of anilines is 1. The number of hydrogen-bond donors (Lipinski definition) is 2. The van der Waals surface area contributed by atoms with Crippen LogP contribution >= 0.6 is 0 Å². The summed E-state index contributed by atoms with van der Waals surface area (Å²) in [6, 6.07) is 23.5. The fourth-order valence-corrected chi connectivity index (χ4v) is 2.81. The minimum Gasteiger partial charge on any atom is -0.495 e. The van der Waals surface area contributed by atoms with Gasteiger partial charge in [-0.25, -0.2) is 0 Å². The third-order valence-electron chi connectivity index (χ3n) is 4.46. The third kappa shape index (κ3) is 5.61. The highest BCUT2D eigenvalue weighted by Crippen LogP contribution is 2.23. The molecular weight excluding hydrogens is 380 g/mol. The summed E-state index contributed by atoms with van der Waals surface area (Å²) in [5, 5.41) is 5.67. The van der Waals surface area contributed by atoms with E-state index in [1.165, 1.54) is 0 Å². The molecule has 0 saturated carbocycles. The lowest BCUT2D eigenvalue weighted by Crippen LogP contribution is -2.30. The first-order chi connectivity index (χ1) is 14.6. The SMILES string of the molecule is COc1ccccc1NC(=O)C(C)Oc1ccc(C(=O)NCc2ccccc2)cc1. The molecule has 3 aromatic carbocycles. The van der Waals surface area contributed by atoms with E-state index in [2.05, 4.69) is 10.6 Å². The number of benzene rings is 3. The summed E-state index contributed by atoms with van der Waals surface area (Å²) in [6.45, 7) is 2.11. The Kier molecular flexibility index (Phi) is 7.05. The van der Waals surface area contributed by atoms with Crippen LogP contribution in [0, 0.1) is 0 Å². The molecule has 1 unspecified atom stereocenters. The van der Waals surface area contributed by atoms with Crippen LogP contribution in [0.25, 0.3) is 0 Å². The molecule has 1 atom stereocenters. The Bertz CT molecular complexity index is 988. The number of rotatable bonds is 8. The number of nitrogens with one attached hydrogen (secondary N) is 2. The van der Waals surface area contributed by atoms with E-state index in [-0.39, 0.29) is 11.8 Å². The first kappa shape index (κ1) is 20.9. The molecule has 0 spiro atoms. The van der Waals surface area contributed by atoms with E-state index in [4.69, 9.17) is 9.47 Å². The van der Waals surface area contributed by atoms with Gasteiger partial charge in [-0.05, 0) is 48.9 Å². The van der Waals surface area contributed by atoms with Crippen molar-refractivity contribution in [1.29, 1.82) is 0 Å². The second-order valence-corrected chi connectivity index (χ2v) is 6.64. The molecule has 2 N–H and O–H groups in total. The summed E-state index contributed by atoms with van der Waals surface area (Å²) in [7, 11) is 1.54. The van der Waals surface area contributed by atoms with Gasteiger partial charge in [-0.3, -0.25) is 9.59 Å². The number of amides is 2. The van der Waals surface area contributed by atoms with E-state index in [1.54, 1.807) is 50.4 Å². The van der Waals surface area contributed by atoms with Crippen molar-refractivity contribution in [2.24, 2.45) is 0 Å². The Morgan fingerprint density at radius 2 is 1.57 bits per heavy atom. The van der Waals surface area contributed by atoms with Crippen LogP contribution in [0.1, 0.15) is 22.8 Å². The Hall–Kier alpha value is -3.80. The molecule has 0 radical (unpaired) electrons. The Labute approximate surface area is 175 Å². The second-order valence-electron chi connectivity index (χ2n) is 6.64. The van der Waals surface area contributed by atoms with Crippen LogP contribution in [0.15, 0.2) is 78.9 Å². The normalized spacial score (nSPS) is 11.3. The molecule has 0 aliphatic carbocycles. The van der Waals surface area contributed by atoms with Gasteiger partial charge in [0, 0.05) is 12.1 Å². The number of carbonyl (C=O) groups is 2. The number of para-hydroxylation sites is 2. The molecule has 6 nitrogen and oxygen atoms in total. The number of hydrogen-bond acceptors (Lipinski definition) is 4. The molecule has 3 aromatic rings. The van der Waals surface area contributed by atoms with Crippen LogP contribution in [-0.2, 0) is 11.3 Å². The monoisotopic (exact) mass is 404 g/mol. The van der Waals surface area contributed by atoms with Crippen LogP contribution < -0.4 is 20.1 Å². The molecule has 154 valence electrons. The van der Waals surface area contributed by atoms with Gasteiger partial charge in [0.25, 0.3) is 11.8 Å². The van der Waals surface area contributed by atoms with Gasteiger partial charge in [0.1, 0.15) is 11.5 Å². The zero-order chi connectivity index (χ0) is 21.3. The predicted octanol–water partition coefficient (Wildman–Crippen LogP) is 4.03. The zero-order valence-electron chi connectivity index (χ0n) is 16.9. The van der Waals surface area contributed by atoms with E-state index in [0.717, 1.165) is 5.56 Å². The molecule has 30 heavy (non-hydrogen) atoms. The second kappa shape index (κ2) is 10.1. The highest BCUT2D eigenvalue weighted by molar-refractivity contribution is 5.95. The number of carbonyl (C=O) groups excluding carboxylic acids is 2. The van der Waals surface area contributed by atoms with Crippen molar-refractivity contribution in [2.75, 3.05) is 12.4 Å². The van der Waals surface area contributed by atoms with Crippen molar-refractivity contribution >= 4 is 17.5 Å². The number of methoxy groups -OCH3 is 1. The van der Waals surface area contributed by atoms with Crippen molar-refractivity contribution in [3.63, 3.8) is 0 Å². The Morgan fingerprint density at radius 3 is 2.27 bits per heavy atom. The van der Waals surface area contributed by atoms with E-state index in [0.29, 0.717) is 29.3 Å². The van der Waals surface area contributed by atoms with Gasteiger partial charge in [0.05, 0.1) is 12.8 Å². The lowest BCUT2D eigenvalue weighted by molar-refractivity contribution is -0.122. The molecule has 0 aromatic heterocycles. The quantitative estimate of drug-likeness (QED) is 0.594. The summed E-state index contributed by atoms with van der Waals surface area (Å²) in [5.41, 5.74) is 2.12.